The molecule has 1 aliphatic heterocycles. The van der Waals surface area contributed by atoms with E-state index in [0.29, 0.717) is 54.0 Å². The monoisotopic (exact) mass is 826 g/mol. The lowest BCUT2D eigenvalue weighted by Gasteiger charge is -2.72. The summed E-state index contributed by atoms with van der Waals surface area (Å²) < 4.78 is 11.9. The third-order valence-electron chi connectivity index (χ3n) is 19.2. The van der Waals surface area contributed by atoms with Gasteiger partial charge in [0, 0.05) is 30.1 Å². The number of likely N-dealkylation sites (tertiary alicyclic amines) is 1. The summed E-state index contributed by atoms with van der Waals surface area (Å²) >= 11 is 2.07. The third kappa shape index (κ3) is 7.33. The average molecular weight is 826 g/mol. The van der Waals surface area contributed by atoms with Crippen molar-refractivity contribution in [3.8, 4) is 5.75 Å². The Balaban J connectivity index is 1.01. The van der Waals surface area contributed by atoms with Crippen molar-refractivity contribution < 1.29 is 14.3 Å². The number of esters is 1. The van der Waals surface area contributed by atoms with Crippen LogP contribution in [0.4, 0.5) is 0 Å². The molecule has 326 valence electrons. The summed E-state index contributed by atoms with van der Waals surface area (Å²) in [6, 6.07) is 3.79. The van der Waals surface area contributed by atoms with Crippen LogP contribution in [-0.4, -0.2) is 72.3 Å². The normalized spacial score (nSPS) is 40.7. The molecule has 0 radical (unpaired) electrons. The minimum Gasteiger partial charge on any atom is -0.491 e. The van der Waals surface area contributed by atoms with Crippen LogP contribution in [0.1, 0.15) is 138 Å². The summed E-state index contributed by atoms with van der Waals surface area (Å²) in [5.74, 6) is 4.02. The fourth-order valence-corrected chi connectivity index (χ4v) is 16.6. The van der Waals surface area contributed by atoms with E-state index < -0.39 is 5.41 Å². The zero-order valence-electron chi connectivity index (χ0n) is 38.3. The summed E-state index contributed by atoms with van der Waals surface area (Å²) in [6.45, 7) is 27.9. The van der Waals surface area contributed by atoms with E-state index in [4.69, 9.17) is 9.47 Å². The summed E-state index contributed by atoms with van der Waals surface area (Å²) in [5, 5.41) is 5.24. The number of carbonyl (C=O) groups is 1. The number of aromatic nitrogens is 1. The molecule has 0 bridgehead atoms. The fraction of sp³-hybridized carbons (Fsp3) is 0.769. The van der Waals surface area contributed by atoms with Gasteiger partial charge >= 0.3 is 5.97 Å². The third-order valence-corrected chi connectivity index (χ3v) is 20.4. The first-order chi connectivity index (χ1) is 28.2. The maximum atomic E-state index is 13.6. The zero-order chi connectivity index (χ0) is 41.8. The van der Waals surface area contributed by atoms with Gasteiger partial charge in [0.25, 0.3) is 0 Å². The predicted molar refractivity (Wildman–Crippen MR) is 244 cm³/mol. The molecule has 7 heteroatoms. The van der Waals surface area contributed by atoms with Crippen molar-refractivity contribution in [2.24, 2.45) is 56.7 Å². The van der Waals surface area contributed by atoms with Crippen molar-refractivity contribution in [2.45, 2.75) is 149 Å². The Hall–Kier alpha value is -2.09. The van der Waals surface area contributed by atoms with Crippen LogP contribution in [0, 0.1) is 56.7 Å². The summed E-state index contributed by atoms with van der Waals surface area (Å²) in [6.07, 6.45) is 27.7. The van der Waals surface area contributed by atoms with Crippen LogP contribution in [0.2, 0.25) is 0 Å². The number of fused-ring (bicyclic) bond motifs is 7. The predicted octanol–water partition coefficient (Wildman–Crippen LogP) is 11.5. The smallest absolute Gasteiger partial charge is 0.315 e. The standard InChI is InChI=1S/C52H79N3O3S/c1-10-57-46(56)51(35-58-38-12-11-29-53-34-38)24-15-37(16-25-51)41-18-22-48(6)43(47(41,4)5)19-23-50(8)44(48)14-13-42-45-40(36(2)3)17-26-52(45,28-27-49(42,50)7)54-30-33-55-31-20-39(59-9)21-32-55/h11-12,15,18,29,34,39-40,42-45,54H,2,10,13-14,16-17,19-28,30-33,35H2,1,3-9H3/t40-,42+,43-,44+,45+,48-,49+,50+,51?,52-/m0/s1. The fourth-order valence-electron chi connectivity index (χ4n) is 15.9. The molecule has 8 rings (SSSR count). The first-order valence-electron chi connectivity index (χ1n) is 23.9. The Bertz CT molecular complexity index is 1770. The van der Waals surface area contributed by atoms with E-state index in [9.17, 15) is 4.79 Å². The number of rotatable bonds is 12. The van der Waals surface area contributed by atoms with Gasteiger partial charge in [-0.15, -0.1) is 0 Å². The maximum Gasteiger partial charge on any atom is 0.315 e. The molecule has 1 unspecified atom stereocenters. The molecule has 1 aromatic rings. The molecular weight excluding hydrogens is 747 g/mol. The van der Waals surface area contributed by atoms with E-state index in [2.05, 4.69) is 93.5 Å². The molecule has 2 heterocycles. The van der Waals surface area contributed by atoms with E-state index in [1.807, 2.05) is 19.1 Å². The van der Waals surface area contributed by atoms with Crippen molar-refractivity contribution in [3.63, 3.8) is 0 Å². The first kappa shape index (κ1) is 43.6. The number of nitrogens with zero attached hydrogens (tertiary/aromatic N) is 2. The minimum absolute atomic E-state index is 0.0703. The van der Waals surface area contributed by atoms with Crippen LogP contribution in [0.25, 0.3) is 0 Å². The Morgan fingerprint density at radius 3 is 2.42 bits per heavy atom. The van der Waals surface area contributed by atoms with Crippen LogP contribution in [0.3, 0.4) is 0 Å². The van der Waals surface area contributed by atoms with Gasteiger partial charge in [-0.2, -0.15) is 11.8 Å². The highest BCUT2D eigenvalue weighted by molar-refractivity contribution is 7.99. The largest absolute Gasteiger partial charge is 0.491 e. The summed E-state index contributed by atoms with van der Waals surface area (Å²) in [5.41, 5.74) is 5.04. The number of hydrogen-bond acceptors (Lipinski definition) is 7. The van der Waals surface area contributed by atoms with Crippen molar-refractivity contribution in [1.82, 2.24) is 15.2 Å². The number of ether oxygens (including phenoxy) is 2. The maximum absolute atomic E-state index is 13.6. The second-order valence-electron chi connectivity index (χ2n) is 22.0. The van der Waals surface area contributed by atoms with E-state index in [1.165, 1.54) is 101 Å². The van der Waals surface area contributed by atoms with Crippen molar-refractivity contribution in [3.05, 3.63) is 60.0 Å². The van der Waals surface area contributed by atoms with Crippen molar-refractivity contribution in [2.75, 3.05) is 45.6 Å². The molecule has 1 aromatic heterocycles. The summed E-state index contributed by atoms with van der Waals surface area (Å²) in [7, 11) is 0. The van der Waals surface area contributed by atoms with Crippen LogP contribution >= 0.6 is 11.8 Å². The molecule has 0 aromatic carbocycles. The topological polar surface area (TPSA) is 63.7 Å². The molecular formula is C52H79N3O3S. The van der Waals surface area contributed by atoms with Gasteiger partial charge in [0.2, 0.25) is 0 Å². The molecule has 6 aliphatic carbocycles. The van der Waals surface area contributed by atoms with Crippen molar-refractivity contribution >= 4 is 17.7 Å². The lowest BCUT2D eigenvalue weighted by molar-refractivity contribution is -0.221. The van der Waals surface area contributed by atoms with Crippen LogP contribution in [-0.2, 0) is 9.53 Å². The molecule has 6 nitrogen and oxygen atoms in total. The van der Waals surface area contributed by atoms with E-state index >= 15 is 0 Å². The lowest BCUT2D eigenvalue weighted by atomic mass is 9.33. The Labute approximate surface area is 363 Å². The molecule has 4 saturated carbocycles. The quantitative estimate of drug-likeness (QED) is 0.166. The van der Waals surface area contributed by atoms with Gasteiger partial charge in [0.05, 0.1) is 12.8 Å². The number of thioether (sulfide) groups is 1. The van der Waals surface area contributed by atoms with Crippen LogP contribution < -0.4 is 10.1 Å². The number of piperidine rings is 1. The van der Waals surface area contributed by atoms with E-state index in [1.54, 1.807) is 18.0 Å². The van der Waals surface area contributed by atoms with E-state index in [-0.39, 0.29) is 22.3 Å². The van der Waals surface area contributed by atoms with Gasteiger partial charge in [-0.3, -0.25) is 9.78 Å². The highest BCUT2D eigenvalue weighted by atomic mass is 32.2. The SMILES string of the molecule is C=C(C)[C@@H]1CC[C@]2(NCCN3CCC(SC)CC3)CC[C@]3(C)[C@H](CC[C@@H]4[C@@]5(C)CC=C(C6=CCC(COc7cccnc7)(C(=O)OCC)CC6)C(C)(C)[C@@H]5CC[C@]43C)[C@@H]12. The molecule has 7 aliphatic rings. The Morgan fingerprint density at radius 1 is 0.949 bits per heavy atom. The Morgan fingerprint density at radius 2 is 1.75 bits per heavy atom. The molecule has 10 atom stereocenters. The van der Waals surface area contributed by atoms with Gasteiger partial charge in [-0.05, 0) is 198 Å². The van der Waals surface area contributed by atoms with Gasteiger partial charge in [-0.25, -0.2) is 0 Å². The first-order valence-corrected chi connectivity index (χ1v) is 25.2. The molecule has 1 saturated heterocycles. The second-order valence-corrected chi connectivity index (χ2v) is 23.1. The molecule has 59 heavy (non-hydrogen) atoms. The molecule has 1 N–H and O–H groups in total. The minimum atomic E-state index is -0.676. The molecule has 0 spiro atoms. The second kappa shape index (κ2) is 16.6. The van der Waals surface area contributed by atoms with Gasteiger partial charge in [-0.1, -0.05) is 58.9 Å². The summed E-state index contributed by atoms with van der Waals surface area (Å²) in [4.78, 5) is 20.5. The highest BCUT2D eigenvalue weighted by Gasteiger charge is 2.70. The number of nitrogens with one attached hydrogen (secondary N) is 1. The number of pyridine rings is 1. The van der Waals surface area contributed by atoms with Gasteiger partial charge in [0.15, 0.2) is 0 Å². The molecule has 5 fully saturated rings. The zero-order valence-corrected chi connectivity index (χ0v) is 39.1. The van der Waals surface area contributed by atoms with Crippen LogP contribution in [0.5, 0.6) is 5.75 Å². The average Bonchev–Trinajstić information content (AvgIpc) is 3.61. The Kier molecular flexibility index (Phi) is 12.2. The number of hydrogen-bond donors (Lipinski definition) is 1. The number of carbonyl (C=O) groups excluding carboxylic acids is 1. The van der Waals surface area contributed by atoms with Gasteiger partial charge < -0.3 is 19.7 Å². The highest BCUT2D eigenvalue weighted by Crippen LogP contribution is 2.76. The van der Waals surface area contributed by atoms with Crippen LogP contribution in [0.15, 0.2) is 60.0 Å². The van der Waals surface area contributed by atoms with Gasteiger partial charge in [0.1, 0.15) is 17.8 Å². The molecule has 0 amide bonds. The lowest BCUT2D eigenvalue weighted by Crippen LogP contribution is -2.68. The van der Waals surface area contributed by atoms with Crippen molar-refractivity contribution in [1.29, 1.82) is 0 Å². The number of allylic oxidation sites excluding steroid dienone is 5. The van der Waals surface area contributed by atoms with E-state index in [0.717, 1.165) is 36.5 Å².